The van der Waals surface area contributed by atoms with Crippen molar-refractivity contribution < 1.29 is 4.42 Å². The van der Waals surface area contributed by atoms with E-state index >= 15 is 0 Å². The highest BCUT2D eigenvalue weighted by Gasteiger charge is 2.13. The SMILES string of the molecule is Clc1cc(Br)c2oc3ccc4ccccc4c3c2c1. The van der Waals surface area contributed by atoms with Gasteiger partial charge in [0.2, 0.25) is 0 Å². The summed E-state index contributed by atoms with van der Waals surface area (Å²) < 4.78 is 6.83. The molecule has 92 valence electrons. The van der Waals surface area contributed by atoms with Gasteiger partial charge in [0.1, 0.15) is 11.2 Å². The van der Waals surface area contributed by atoms with E-state index in [9.17, 15) is 0 Å². The number of rotatable bonds is 0. The Morgan fingerprint density at radius 2 is 1.79 bits per heavy atom. The van der Waals surface area contributed by atoms with Gasteiger partial charge in [0.25, 0.3) is 0 Å². The standard InChI is InChI=1S/C16H8BrClO/c17-13-8-10(18)7-12-15-11-4-2-1-3-9(11)5-6-14(15)19-16(12)13/h1-8H. The molecule has 4 rings (SSSR count). The van der Waals surface area contributed by atoms with Crippen molar-refractivity contribution in [2.75, 3.05) is 0 Å². The smallest absolute Gasteiger partial charge is 0.149 e. The first-order valence-electron chi connectivity index (χ1n) is 5.93. The highest BCUT2D eigenvalue weighted by atomic mass is 79.9. The van der Waals surface area contributed by atoms with Crippen molar-refractivity contribution in [3.8, 4) is 0 Å². The molecule has 0 radical (unpaired) electrons. The van der Waals surface area contributed by atoms with Gasteiger partial charge in [0, 0.05) is 15.8 Å². The summed E-state index contributed by atoms with van der Waals surface area (Å²) in [7, 11) is 0. The first-order valence-corrected chi connectivity index (χ1v) is 7.10. The predicted molar refractivity (Wildman–Crippen MR) is 83.9 cm³/mol. The van der Waals surface area contributed by atoms with E-state index in [1.807, 2.05) is 30.3 Å². The third-order valence-corrected chi connectivity index (χ3v) is 4.19. The second-order valence-electron chi connectivity index (χ2n) is 4.53. The van der Waals surface area contributed by atoms with Crippen LogP contribution in [-0.2, 0) is 0 Å². The van der Waals surface area contributed by atoms with Crippen molar-refractivity contribution in [3.63, 3.8) is 0 Å². The summed E-state index contributed by atoms with van der Waals surface area (Å²) in [5, 5.41) is 5.26. The Morgan fingerprint density at radius 1 is 0.947 bits per heavy atom. The number of hydrogen-bond donors (Lipinski definition) is 0. The molecule has 1 aromatic heterocycles. The van der Waals surface area contributed by atoms with Crippen LogP contribution in [0.1, 0.15) is 0 Å². The Balaban J connectivity index is 2.35. The molecule has 3 heteroatoms. The van der Waals surface area contributed by atoms with Crippen molar-refractivity contribution in [3.05, 3.63) is 58.0 Å². The normalized spacial score (nSPS) is 11.7. The Hall–Kier alpha value is -1.51. The zero-order valence-corrected chi connectivity index (χ0v) is 12.1. The van der Waals surface area contributed by atoms with E-state index in [4.69, 9.17) is 16.0 Å². The van der Waals surface area contributed by atoms with Crippen molar-refractivity contribution in [2.45, 2.75) is 0 Å². The molecule has 0 aliphatic heterocycles. The lowest BCUT2D eigenvalue weighted by Gasteiger charge is -1.99. The van der Waals surface area contributed by atoms with E-state index in [0.29, 0.717) is 5.02 Å². The molecular weight excluding hydrogens is 324 g/mol. The van der Waals surface area contributed by atoms with E-state index in [2.05, 4.69) is 34.1 Å². The van der Waals surface area contributed by atoms with E-state index in [-0.39, 0.29) is 0 Å². The van der Waals surface area contributed by atoms with Crippen molar-refractivity contribution >= 4 is 60.2 Å². The van der Waals surface area contributed by atoms with Gasteiger partial charge in [-0.1, -0.05) is 41.9 Å². The maximum absolute atomic E-state index is 6.16. The molecule has 0 N–H and O–H groups in total. The van der Waals surface area contributed by atoms with E-state index < -0.39 is 0 Å². The molecule has 1 nitrogen and oxygen atoms in total. The van der Waals surface area contributed by atoms with Gasteiger partial charge in [-0.2, -0.15) is 0 Å². The highest BCUT2D eigenvalue weighted by molar-refractivity contribution is 9.10. The molecule has 0 aliphatic carbocycles. The zero-order chi connectivity index (χ0) is 13.0. The van der Waals surface area contributed by atoms with Crippen LogP contribution in [0.3, 0.4) is 0 Å². The molecule has 0 fully saturated rings. The first kappa shape index (κ1) is 11.3. The Labute approximate surface area is 122 Å². The van der Waals surface area contributed by atoms with Crippen LogP contribution in [0.4, 0.5) is 0 Å². The van der Waals surface area contributed by atoms with Crippen molar-refractivity contribution in [1.82, 2.24) is 0 Å². The summed E-state index contributed by atoms with van der Waals surface area (Å²) in [4.78, 5) is 0. The molecule has 0 saturated carbocycles. The molecular formula is C16H8BrClO. The van der Waals surface area contributed by atoms with E-state index in [1.54, 1.807) is 0 Å². The monoisotopic (exact) mass is 330 g/mol. The lowest BCUT2D eigenvalue weighted by Crippen LogP contribution is -1.74. The topological polar surface area (TPSA) is 13.1 Å². The summed E-state index contributed by atoms with van der Waals surface area (Å²) >= 11 is 9.67. The number of halogens is 2. The summed E-state index contributed by atoms with van der Waals surface area (Å²) in [5.41, 5.74) is 1.73. The maximum atomic E-state index is 6.16. The molecule has 0 spiro atoms. The highest BCUT2D eigenvalue weighted by Crippen LogP contribution is 2.39. The van der Waals surface area contributed by atoms with Gasteiger partial charge in [-0.25, -0.2) is 0 Å². The molecule has 1 heterocycles. The average Bonchev–Trinajstić information content (AvgIpc) is 2.78. The third kappa shape index (κ3) is 1.60. The van der Waals surface area contributed by atoms with Crippen molar-refractivity contribution in [1.29, 1.82) is 0 Å². The third-order valence-electron chi connectivity index (χ3n) is 3.38. The van der Waals surface area contributed by atoms with Gasteiger partial charge in [-0.3, -0.25) is 0 Å². The Bertz CT molecular complexity index is 940. The van der Waals surface area contributed by atoms with E-state index in [0.717, 1.165) is 26.4 Å². The van der Waals surface area contributed by atoms with Crippen LogP contribution < -0.4 is 0 Å². The molecule has 0 unspecified atom stereocenters. The van der Waals surface area contributed by atoms with Gasteiger partial charge < -0.3 is 4.42 Å². The molecule has 0 amide bonds. The Morgan fingerprint density at radius 3 is 2.68 bits per heavy atom. The Kier molecular flexibility index (Phi) is 2.38. The van der Waals surface area contributed by atoms with Crippen LogP contribution in [0.15, 0.2) is 57.4 Å². The number of hydrogen-bond acceptors (Lipinski definition) is 1. The van der Waals surface area contributed by atoms with Gasteiger partial charge >= 0.3 is 0 Å². The van der Waals surface area contributed by atoms with Crippen LogP contribution in [0.2, 0.25) is 5.02 Å². The molecule has 4 aromatic rings. The van der Waals surface area contributed by atoms with Crippen molar-refractivity contribution in [2.24, 2.45) is 0 Å². The number of benzene rings is 3. The minimum absolute atomic E-state index is 0.704. The summed E-state index contributed by atoms with van der Waals surface area (Å²) in [5.74, 6) is 0. The minimum Gasteiger partial charge on any atom is -0.455 e. The largest absolute Gasteiger partial charge is 0.455 e. The zero-order valence-electron chi connectivity index (χ0n) is 9.78. The van der Waals surface area contributed by atoms with Gasteiger partial charge in [0.15, 0.2) is 0 Å². The minimum atomic E-state index is 0.704. The quantitative estimate of drug-likeness (QED) is 0.376. The van der Waals surface area contributed by atoms with E-state index in [1.165, 1.54) is 10.8 Å². The van der Waals surface area contributed by atoms with Crippen LogP contribution >= 0.6 is 27.5 Å². The predicted octanol–water partition coefficient (Wildman–Crippen LogP) is 6.16. The van der Waals surface area contributed by atoms with Crippen LogP contribution in [0, 0.1) is 0 Å². The fraction of sp³-hybridized carbons (Fsp3) is 0. The summed E-state index contributed by atoms with van der Waals surface area (Å²) in [6.45, 7) is 0. The number of furan rings is 1. The molecule has 0 atom stereocenters. The molecule has 0 aliphatic rings. The lowest BCUT2D eigenvalue weighted by molar-refractivity contribution is 0.667. The fourth-order valence-corrected chi connectivity index (χ4v) is 3.47. The summed E-state index contributed by atoms with van der Waals surface area (Å²) in [6, 6.07) is 16.2. The fourth-order valence-electron chi connectivity index (χ4n) is 2.57. The second-order valence-corrected chi connectivity index (χ2v) is 5.82. The maximum Gasteiger partial charge on any atom is 0.149 e. The summed E-state index contributed by atoms with van der Waals surface area (Å²) in [6.07, 6.45) is 0. The molecule has 19 heavy (non-hydrogen) atoms. The average molecular weight is 332 g/mol. The molecule has 3 aromatic carbocycles. The lowest BCUT2D eigenvalue weighted by atomic mass is 10.0. The first-order chi connectivity index (χ1) is 9.24. The number of fused-ring (bicyclic) bond motifs is 5. The molecule has 0 bridgehead atoms. The van der Waals surface area contributed by atoms with Gasteiger partial charge in [0.05, 0.1) is 4.47 Å². The molecule has 0 saturated heterocycles. The van der Waals surface area contributed by atoms with Crippen LogP contribution in [-0.4, -0.2) is 0 Å². The second kappa shape index (κ2) is 3.99. The van der Waals surface area contributed by atoms with Crippen LogP contribution in [0.25, 0.3) is 32.7 Å². The van der Waals surface area contributed by atoms with Gasteiger partial charge in [-0.15, -0.1) is 0 Å². The van der Waals surface area contributed by atoms with Crippen LogP contribution in [0.5, 0.6) is 0 Å². The van der Waals surface area contributed by atoms with Gasteiger partial charge in [-0.05, 0) is 44.9 Å².